The summed E-state index contributed by atoms with van der Waals surface area (Å²) in [5.74, 6) is -0.0255. The Bertz CT molecular complexity index is 475. The first-order valence-corrected chi connectivity index (χ1v) is 8.19. The molecule has 1 aliphatic carbocycles. The van der Waals surface area contributed by atoms with Gasteiger partial charge in [0.15, 0.2) is 0 Å². The molecule has 0 bridgehead atoms. The average Bonchev–Trinajstić information content (AvgIpc) is 2.97. The van der Waals surface area contributed by atoms with Gasteiger partial charge in [-0.3, -0.25) is 9.48 Å². The number of carbonyl (C=O) groups excluding carboxylic acids is 1. The van der Waals surface area contributed by atoms with E-state index < -0.39 is 0 Å². The van der Waals surface area contributed by atoms with Crippen molar-refractivity contribution in [3.05, 3.63) is 17.5 Å². The molecule has 0 aliphatic heterocycles. The molecule has 0 saturated heterocycles. The minimum absolute atomic E-state index is 0.0255. The largest absolute Gasteiger partial charge is 0.350 e. The minimum atomic E-state index is -0.0255. The first-order valence-electron chi connectivity index (χ1n) is 8.19. The Morgan fingerprint density at radius 3 is 2.67 bits per heavy atom. The normalized spacial score (nSPS) is 17.7. The minimum Gasteiger partial charge on any atom is -0.350 e. The summed E-state index contributed by atoms with van der Waals surface area (Å²) in [5.41, 5.74) is 7.70. The quantitative estimate of drug-likeness (QED) is 0.843. The van der Waals surface area contributed by atoms with Crippen molar-refractivity contribution in [2.45, 2.75) is 58.9 Å². The molecule has 0 atom stereocenters. The molecule has 2 rings (SSSR count). The van der Waals surface area contributed by atoms with Crippen LogP contribution >= 0.6 is 0 Å². The fraction of sp³-hybridized carbons (Fsp3) is 0.750. The monoisotopic (exact) mass is 292 g/mol. The Hall–Kier alpha value is -1.36. The summed E-state index contributed by atoms with van der Waals surface area (Å²) < 4.78 is 1.78. The zero-order valence-corrected chi connectivity index (χ0v) is 13.3. The predicted molar refractivity (Wildman–Crippen MR) is 84.2 cm³/mol. The summed E-state index contributed by atoms with van der Waals surface area (Å²) in [7, 11) is 0. The maximum absolute atomic E-state index is 12.4. The van der Waals surface area contributed by atoms with Crippen LogP contribution in [-0.2, 0) is 13.0 Å². The summed E-state index contributed by atoms with van der Waals surface area (Å²) in [5, 5.41) is 7.52. The number of amides is 1. The number of nitrogens with zero attached hydrogens (tertiary/aromatic N) is 2. The molecule has 1 heterocycles. The lowest BCUT2D eigenvalue weighted by Gasteiger charge is -2.36. The van der Waals surface area contributed by atoms with Gasteiger partial charge in [0.05, 0.1) is 5.69 Å². The highest BCUT2D eigenvalue weighted by molar-refractivity contribution is 5.92. The topological polar surface area (TPSA) is 72.9 Å². The number of rotatable bonds is 6. The Balaban J connectivity index is 2.02. The number of nitrogens with two attached hydrogens (primary N) is 1. The molecule has 118 valence electrons. The number of hydrogen-bond acceptors (Lipinski definition) is 3. The molecule has 1 fully saturated rings. The van der Waals surface area contributed by atoms with E-state index in [1.807, 2.05) is 13.0 Å². The second-order valence-electron chi connectivity index (χ2n) is 6.14. The van der Waals surface area contributed by atoms with Gasteiger partial charge >= 0.3 is 0 Å². The van der Waals surface area contributed by atoms with Crippen LogP contribution in [0.15, 0.2) is 6.07 Å². The molecule has 5 nitrogen and oxygen atoms in total. The van der Waals surface area contributed by atoms with Crippen molar-refractivity contribution in [1.82, 2.24) is 15.1 Å². The molecule has 3 N–H and O–H groups in total. The van der Waals surface area contributed by atoms with Gasteiger partial charge in [0, 0.05) is 13.1 Å². The van der Waals surface area contributed by atoms with Crippen molar-refractivity contribution in [2.24, 2.45) is 11.1 Å². The molecule has 1 saturated carbocycles. The third-order valence-corrected chi connectivity index (χ3v) is 4.70. The smallest absolute Gasteiger partial charge is 0.269 e. The SMILES string of the molecule is CCc1cc(C(=O)NCC2(CN)CCCCC2)n(CC)n1. The third kappa shape index (κ3) is 3.64. The highest BCUT2D eigenvalue weighted by atomic mass is 16.2. The standard InChI is InChI=1S/C16H28N4O/c1-3-13-10-14(20(4-2)19-13)15(21)18-12-16(11-17)8-6-5-7-9-16/h10H,3-9,11-12,17H2,1-2H3,(H,18,21). The zero-order chi connectivity index (χ0) is 15.3. The van der Waals surface area contributed by atoms with Crippen molar-refractivity contribution in [1.29, 1.82) is 0 Å². The van der Waals surface area contributed by atoms with Gasteiger partial charge in [-0.25, -0.2) is 0 Å². The van der Waals surface area contributed by atoms with Gasteiger partial charge in [-0.05, 0) is 44.2 Å². The first kappa shape index (κ1) is 16.0. The molecule has 0 radical (unpaired) electrons. The number of carbonyl (C=O) groups is 1. The fourth-order valence-corrected chi connectivity index (χ4v) is 3.18. The highest BCUT2D eigenvalue weighted by Crippen LogP contribution is 2.34. The molecule has 21 heavy (non-hydrogen) atoms. The lowest BCUT2D eigenvalue weighted by Crippen LogP contribution is -2.44. The van der Waals surface area contributed by atoms with Crippen LogP contribution in [0.5, 0.6) is 0 Å². The summed E-state index contributed by atoms with van der Waals surface area (Å²) in [6.45, 7) is 6.10. The second-order valence-corrected chi connectivity index (χ2v) is 6.14. The van der Waals surface area contributed by atoms with Crippen LogP contribution in [0.2, 0.25) is 0 Å². The lowest BCUT2D eigenvalue weighted by molar-refractivity contribution is 0.0903. The van der Waals surface area contributed by atoms with Crippen LogP contribution in [0.4, 0.5) is 0 Å². The van der Waals surface area contributed by atoms with E-state index in [-0.39, 0.29) is 11.3 Å². The maximum atomic E-state index is 12.4. The van der Waals surface area contributed by atoms with Crippen LogP contribution < -0.4 is 11.1 Å². The van der Waals surface area contributed by atoms with Crippen LogP contribution in [0.25, 0.3) is 0 Å². The van der Waals surface area contributed by atoms with Gasteiger partial charge in [0.2, 0.25) is 0 Å². The Kier molecular flexibility index (Phi) is 5.39. The van der Waals surface area contributed by atoms with Crippen molar-refractivity contribution in [2.75, 3.05) is 13.1 Å². The maximum Gasteiger partial charge on any atom is 0.269 e. The van der Waals surface area contributed by atoms with Crippen LogP contribution in [0.3, 0.4) is 0 Å². The number of aromatic nitrogens is 2. The second kappa shape index (κ2) is 7.07. The average molecular weight is 292 g/mol. The van der Waals surface area contributed by atoms with Crippen molar-refractivity contribution in [3.63, 3.8) is 0 Å². The molecule has 0 spiro atoms. The molecule has 1 amide bonds. The summed E-state index contributed by atoms with van der Waals surface area (Å²) >= 11 is 0. The lowest BCUT2D eigenvalue weighted by atomic mass is 9.74. The van der Waals surface area contributed by atoms with Crippen LogP contribution in [0.1, 0.15) is 62.1 Å². The summed E-state index contributed by atoms with van der Waals surface area (Å²) in [6, 6.07) is 1.90. The molecular weight excluding hydrogens is 264 g/mol. The van der Waals surface area contributed by atoms with Crippen molar-refractivity contribution >= 4 is 5.91 Å². The van der Waals surface area contributed by atoms with Gasteiger partial charge in [0.25, 0.3) is 5.91 Å². The van der Waals surface area contributed by atoms with E-state index in [1.54, 1.807) is 4.68 Å². The molecule has 1 aliphatic rings. The van der Waals surface area contributed by atoms with E-state index in [0.29, 0.717) is 25.3 Å². The van der Waals surface area contributed by atoms with Crippen molar-refractivity contribution < 1.29 is 4.79 Å². The molecule has 1 aromatic rings. The zero-order valence-electron chi connectivity index (χ0n) is 13.3. The van der Waals surface area contributed by atoms with E-state index >= 15 is 0 Å². The number of aryl methyl sites for hydroxylation is 2. The van der Waals surface area contributed by atoms with Crippen molar-refractivity contribution in [3.8, 4) is 0 Å². The molecule has 1 aromatic heterocycles. The van der Waals surface area contributed by atoms with Gasteiger partial charge in [-0.1, -0.05) is 26.2 Å². The molecular formula is C16H28N4O. The summed E-state index contributed by atoms with van der Waals surface area (Å²) in [6.07, 6.45) is 6.83. The molecule has 5 heteroatoms. The Labute approximate surface area is 127 Å². The summed E-state index contributed by atoms with van der Waals surface area (Å²) in [4.78, 5) is 12.4. The van der Waals surface area contributed by atoms with E-state index in [2.05, 4.69) is 17.3 Å². The van der Waals surface area contributed by atoms with Gasteiger partial charge in [-0.15, -0.1) is 0 Å². The van der Waals surface area contributed by atoms with Crippen LogP contribution in [-0.4, -0.2) is 28.8 Å². The number of nitrogens with one attached hydrogen (secondary N) is 1. The van der Waals surface area contributed by atoms with Crippen LogP contribution in [0, 0.1) is 5.41 Å². The van der Waals surface area contributed by atoms with E-state index in [4.69, 9.17) is 5.73 Å². The predicted octanol–water partition coefficient (Wildman–Crippen LogP) is 2.10. The first-order chi connectivity index (χ1) is 10.1. The third-order valence-electron chi connectivity index (χ3n) is 4.70. The van der Waals surface area contributed by atoms with E-state index in [1.165, 1.54) is 19.3 Å². The molecule has 0 unspecified atom stereocenters. The van der Waals surface area contributed by atoms with E-state index in [9.17, 15) is 4.79 Å². The molecule has 0 aromatic carbocycles. The van der Waals surface area contributed by atoms with Gasteiger partial charge in [0.1, 0.15) is 5.69 Å². The number of hydrogen-bond donors (Lipinski definition) is 2. The fourth-order valence-electron chi connectivity index (χ4n) is 3.18. The Morgan fingerprint density at radius 2 is 2.10 bits per heavy atom. The van der Waals surface area contributed by atoms with Gasteiger partial charge < -0.3 is 11.1 Å². The highest BCUT2D eigenvalue weighted by Gasteiger charge is 2.31. The van der Waals surface area contributed by atoms with Gasteiger partial charge in [-0.2, -0.15) is 5.10 Å². The van der Waals surface area contributed by atoms with E-state index in [0.717, 1.165) is 25.0 Å². The Morgan fingerprint density at radius 1 is 1.38 bits per heavy atom.